The molecular formula is C19H25Cl2FN4O. The van der Waals surface area contributed by atoms with Gasteiger partial charge in [0.15, 0.2) is 0 Å². The number of carbonyl (C=O) groups is 1. The second-order valence-corrected chi connectivity index (χ2v) is 7.17. The summed E-state index contributed by atoms with van der Waals surface area (Å²) >= 11 is 0. The van der Waals surface area contributed by atoms with Gasteiger partial charge in [-0.2, -0.15) is 0 Å². The smallest absolute Gasteiger partial charge is 0.228 e. The molecule has 1 aliphatic heterocycles. The van der Waals surface area contributed by atoms with Crippen molar-refractivity contribution in [2.45, 2.75) is 32.2 Å². The monoisotopic (exact) mass is 414 g/mol. The molecule has 0 radical (unpaired) electrons. The van der Waals surface area contributed by atoms with Gasteiger partial charge in [0.25, 0.3) is 0 Å². The first-order valence-electron chi connectivity index (χ1n) is 8.95. The van der Waals surface area contributed by atoms with E-state index in [4.69, 9.17) is 0 Å². The number of amides is 1. The molecule has 2 N–H and O–H groups in total. The highest BCUT2D eigenvalue weighted by Gasteiger charge is 2.49. The highest BCUT2D eigenvalue weighted by atomic mass is 35.5. The number of aromatic nitrogens is 2. The van der Waals surface area contributed by atoms with E-state index in [1.165, 1.54) is 12.5 Å². The first-order chi connectivity index (χ1) is 12.2. The van der Waals surface area contributed by atoms with Crippen molar-refractivity contribution in [3.8, 4) is 5.69 Å². The molecule has 1 aromatic heterocycles. The molecule has 0 spiro atoms. The molecule has 2 heterocycles. The van der Waals surface area contributed by atoms with Crippen LogP contribution in [-0.4, -0.2) is 28.5 Å². The Balaban J connectivity index is 0.00000131. The maximum Gasteiger partial charge on any atom is 0.228 e. The summed E-state index contributed by atoms with van der Waals surface area (Å²) in [5.41, 5.74) is 0.955. The van der Waals surface area contributed by atoms with E-state index < -0.39 is 0 Å². The Morgan fingerprint density at radius 1 is 1.37 bits per heavy atom. The van der Waals surface area contributed by atoms with Crippen molar-refractivity contribution in [3.05, 3.63) is 48.3 Å². The molecule has 27 heavy (non-hydrogen) atoms. The number of halogens is 3. The lowest BCUT2D eigenvalue weighted by molar-refractivity contribution is -0.134. The van der Waals surface area contributed by atoms with Crippen molar-refractivity contribution < 1.29 is 9.18 Å². The standard InChI is InChI=1S/C19H23FN4O.2ClH/c20-16-9-14(4-5-17(16)24-8-7-21-13-24)10-23-18(25)19-6-2-1-3-15(19)11-22-12-19;;/h4-5,7-9,13,15,22H,1-3,6,10-12H2,(H,23,25);2*1H/t15-,19+;;/m0../s1. The van der Waals surface area contributed by atoms with Crippen LogP contribution < -0.4 is 10.6 Å². The fourth-order valence-electron chi connectivity index (χ4n) is 4.32. The SMILES string of the molecule is Cl.Cl.O=C(NCc1ccc(-n2ccnc2)c(F)c1)[C@@]12CCCC[C@H]1CNC2. The molecule has 0 unspecified atom stereocenters. The van der Waals surface area contributed by atoms with Crippen LogP contribution in [0.4, 0.5) is 4.39 Å². The van der Waals surface area contributed by atoms with Gasteiger partial charge in [-0.25, -0.2) is 9.37 Å². The highest BCUT2D eigenvalue weighted by Crippen LogP contribution is 2.43. The van der Waals surface area contributed by atoms with Gasteiger partial charge in [-0.1, -0.05) is 18.9 Å². The Labute approximate surface area is 170 Å². The Kier molecular flexibility index (Phi) is 7.25. The fraction of sp³-hybridized carbons (Fsp3) is 0.474. The average molecular weight is 415 g/mol. The molecule has 148 valence electrons. The summed E-state index contributed by atoms with van der Waals surface area (Å²) in [6.45, 7) is 2.05. The minimum Gasteiger partial charge on any atom is -0.351 e. The van der Waals surface area contributed by atoms with Crippen LogP contribution in [0.5, 0.6) is 0 Å². The number of hydrogen-bond acceptors (Lipinski definition) is 3. The molecule has 2 atom stereocenters. The molecule has 2 fully saturated rings. The van der Waals surface area contributed by atoms with Crippen molar-refractivity contribution in [1.82, 2.24) is 20.2 Å². The quantitative estimate of drug-likeness (QED) is 0.806. The van der Waals surface area contributed by atoms with Gasteiger partial charge >= 0.3 is 0 Å². The summed E-state index contributed by atoms with van der Waals surface area (Å²) in [6.07, 6.45) is 9.27. The highest BCUT2D eigenvalue weighted by molar-refractivity contribution is 5.85. The summed E-state index contributed by atoms with van der Waals surface area (Å²) in [5, 5.41) is 6.43. The van der Waals surface area contributed by atoms with Crippen molar-refractivity contribution in [2.24, 2.45) is 11.3 Å². The zero-order valence-corrected chi connectivity index (χ0v) is 16.6. The number of benzene rings is 1. The van der Waals surface area contributed by atoms with Gasteiger partial charge in [0.2, 0.25) is 5.91 Å². The molecule has 2 aliphatic rings. The van der Waals surface area contributed by atoms with Crippen molar-refractivity contribution in [2.75, 3.05) is 13.1 Å². The van der Waals surface area contributed by atoms with Crippen LogP contribution in [0.3, 0.4) is 0 Å². The Morgan fingerprint density at radius 2 is 2.22 bits per heavy atom. The number of hydrogen-bond donors (Lipinski definition) is 2. The molecule has 1 aromatic carbocycles. The minimum absolute atomic E-state index is 0. The zero-order valence-electron chi connectivity index (χ0n) is 15.0. The number of nitrogens with one attached hydrogen (secondary N) is 2. The maximum atomic E-state index is 14.3. The van der Waals surface area contributed by atoms with Gasteiger partial charge in [-0.15, -0.1) is 24.8 Å². The van der Waals surface area contributed by atoms with E-state index in [1.54, 1.807) is 29.4 Å². The normalized spacial score (nSPS) is 23.7. The fourth-order valence-corrected chi connectivity index (χ4v) is 4.32. The molecule has 5 nitrogen and oxygen atoms in total. The summed E-state index contributed by atoms with van der Waals surface area (Å²) in [4.78, 5) is 16.8. The second kappa shape index (κ2) is 9.04. The number of nitrogens with zero attached hydrogens (tertiary/aromatic N) is 2. The summed E-state index contributed by atoms with van der Waals surface area (Å²) in [5.74, 6) is 0.226. The third-order valence-corrected chi connectivity index (χ3v) is 5.74. The largest absolute Gasteiger partial charge is 0.351 e. The number of carbonyl (C=O) groups excluding carboxylic acids is 1. The Bertz CT molecular complexity index is 771. The Hall–Kier alpha value is -1.63. The molecule has 1 saturated carbocycles. The Morgan fingerprint density at radius 3 is 2.96 bits per heavy atom. The maximum absolute atomic E-state index is 14.3. The van der Waals surface area contributed by atoms with E-state index in [0.29, 0.717) is 18.2 Å². The molecule has 1 aliphatic carbocycles. The van der Waals surface area contributed by atoms with Crippen LogP contribution >= 0.6 is 24.8 Å². The lowest BCUT2D eigenvalue weighted by atomic mass is 9.67. The van der Waals surface area contributed by atoms with Gasteiger partial charge in [0.1, 0.15) is 5.82 Å². The third-order valence-electron chi connectivity index (χ3n) is 5.74. The third kappa shape index (κ3) is 4.13. The van der Waals surface area contributed by atoms with Gasteiger partial charge < -0.3 is 15.2 Å². The minimum atomic E-state index is -0.319. The molecular weight excluding hydrogens is 390 g/mol. The van der Waals surface area contributed by atoms with E-state index in [-0.39, 0.29) is 42.0 Å². The van der Waals surface area contributed by atoms with Crippen molar-refractivity contribution >= 4 is 30.7 Å². The van der Waals surface area contributed by atoms with Crippen LogP contribution in [0.2, 0.25) is 0 Å². The molecule has 8 heteroatoms. The predicted octanol–water partition coefficient (Wildman–Crippen LogP) is 3.25. The van der Waals surface area contributed by atoms with Crippen molar-refractivity contribution in [3.63, 3.8) is 0 Å². The predicted molar refractivity (Wildman–Crippen MR) is 107 cm³/mol. The van der Waals surface area contributed by atoms with Gasteiger partial charge in [0, 0.05) is 25.5 Å². The summed E-state index contributed by atoms with van der Waals surface area (Å²) in [7, 11) is 0. The van der Waals surface area contributed by atoms with E-state index in [2.05, 4.69) is 15.6 Å². The lowest BCUT2D eigenvalue weighted by Crippen LogP contribution is -2.47. The van der Waals surface area contributed by atoms with E-state index in [1.807, 2.05) is 6.07 Å². The number of fused-ring (bicyclic) bond motifs is 1. The molecule has 0 bridgehead atoms. The van der Waals surface area contributed by atoms with Crippen LogP contribution in [0.1, 0.15) is 31.2 Å². The van der Waals surface area contributed by atoms with E-state index in [9.17, 15) is 9.18 Å². The number of imidazole rings is 1. The number of rotatable bonds is 4. The second-order valence-electron chi connectivity index (χ2n) is 7.17. The summed E-state index contributed by atoms with van der Waals surface area (Å²) < 4.78 is 16.0. The molecule has 1 saturated heterocycles. The molecule has 2 aromatic rings. The van der Waals surface area contributed by atoms with Crippen LogP contribution in [0.15, 0.2) is 36.9 Å². The van der Waals surface area contributed by atoms with Gasteiger partial charge in [0.05, 0.1) is 17.4 Å². The molecule has 1 amide bonds. The first kappa shape index (κ1) is 21.7. The van der Waals surface area contributed by atoms with Crippen LogP contribution in [0.25, 0.3) is 5.69 Å². The van der Waals surface area contributed by atoms with E-state index >= 15 is 0 Å². The first-order valence-corrected chi connectivity index (χ1v) is 8.95. The van der Waals surface area contributed by atoms with Crippen molar-refractivity contribution in [1.29, 1.82) is 0 Å². The zero-order chi connectivity index (χ0) is 17.3. The summed E-state index contributed by atoms with van der Waals surface area (Å²) in [6, 6.07) is 5.05. The van der Waals surface area contributed by atoms with Crippen LogP contribution in [0, 0.1) is 17.2 Å². The van der Waals surface area contributed by atoms with Gasteiger partial charge in [-0.3, -0.25) is 4.79 Å². The lowest BCUT2D eigenvalue weighted by Gasteiger charge is -2.37. The molecule has 4 rings (SSSR count). The van der Waals surface area contributed by atoms with Crippen LogP contribution in [-0.2, 0) is 11.3 Å². The van der Waals surface area contributed by atoms with E-state index in [0.717, 1.165) is 37.9 Å². The topological polar surface area (TPSA) is 59.0 Å². The van der Waals surface area contributed by atoms with Gasteiger partial charge in [-0.05, 0) is 43.0 Å². The average Bonchev–Trinajstić information content (AvgIpc) is 3.29.